The number of ether oxygens (including phenoxy) is 1. The van der Waals surface area contributed by atoms with Crippen LogP contribution in [0.3, 0.4) is 0 Å². The maximum Gasteiger partial charge on any atom is 0.340 e. The lowest BCUT2D eigenvalue weighted by Crippen LogP contribution is -2.50. The van der Waals surface area contributed by atoms with E-state index in [9.17, 15) is 9.59 Å². The number of carbonyl (C=O) groups excluding carboxylic acids is 1. The summed E-state index contributed by atoms with van der Waals surface area (Å²) in [6, 6.07) is 0. The van der Waals surface area contributed by atoms with E-state index in [4.69, 9.17) is 4.74 Å². The normalized spacial score (nSPS) is 24.8. The highest BCUT2D eigenvalue weighted by Crippen LogP contribution is 2.37. The van der Waals surface area contributed by atoms with Crippen LogP contribution in [0.2, 0.25) is 0 Å². The fraction of sp³-hybridized carbons (Fsp3) is 0.812. The monoisotopic (exact) mass is 322 g/mol. The lowest BCUT2D eigenvalue weighted by Gasteiger charge is -2.38. The zero-order chi connectivity index (χ0) is 16.2. The topological polar surface area (TPSA) is 91.1 Å². The van der Waals surface area contributed by atoms with Crippen LogP contribution >= 0.6 is 0 Å². The standard InChI is InChI=1S/C16H26N4O3/c1-2-3-4-12-9-20(10-13(23-12)11-5-6-11)15(21)8-7-14-17-16(22)19-18-14/h11-13H,2-10H2,1H3,(H2,17,18,19,22)/t12-,13-/m1/s1. The lowest BCUT2D eigenvalue weighted by molar-refractivity contribution is -0.148. The van der Waals surface area contributed by atoms with Gasteiger partial charge in [0.15, 0.2) is 0 Å². The van der Waals surface area contributed by atoms with E-state index in [2.05, 4.69) is 22.1 Å². The number of aryl methyl sites for hydroxylation is 1. The minimum atomic E-state index is -0.327. The van der Waals surface area contributed by atoms with Gasteiger partial charge in [-0.2, -0.15) is 5.10 Å². The van der Waals surface area contributed by atoms with Crippen LogP contribution in [0.5, 0.6) is 0 Å². The fourth-order valence-electron chi connectivity index (χ4n) is 3.20. The largest absolute Gasteiger partial charge is 0.371 e. The van der Waals surface area contributed by atoms with Gasteiger partial charge >= 0.3 is 5.69 Å². The van der Waals surface area contributed by atoms with Gasteiger partial charge in [-0.1, -0.05) is 19.8 Å². The molecule has 0 spiro atoms. The number of rotatable bonds is 7. The van der Waals surface area contributed by atoms with Crippen LogP contribution in [0.1, 0.15) is 51.3 Å². The van der Waals surface area contributed by atoms with E-state index in [1.807, 2.05) is 4.90 Å². The van der Waals surface area contributed by atoms with Crippen LogP contribution in [-0.2, 0) is 16.0 Å². The van der Waals surface area contributed by atoms with E-state index in [0.717, 1.165) is 19.3 Å². The van der Waals surface area contributed by atoms with Crippen LogP contribution in [0, 0.1) is 5.92 Å². The molecule has 23 heavy (non-hydrogen) atoms. The average molecular weight is 322 g/mol. The molecular formula is C16H26N4O3. The van der Waals surface area contributed by atoms with E-state index in [1.165, 1.54) is 12.8 Å². The molecule has 2 fully saturated rings. The molecule has 1 aromatic heterocycles. The Balaban J connectivity index is 1.55. The first-order valence-corrected chi connectivity index (χ1v) is 8.72. The van der Waals surface area contributed by atoms with Crippen LogP contribution in [0.4, 0.5) is 0 Å². The second-order valence-corrected chi connectivity index (χ2v) is 6.70. The van der Waals surface area contributed by atoms with Crippen molar-refractivity contribution in [2.45, 2.75) is 64.1 Å². The fourth-order valence-corrected chi connectivity index (χ4v) is 3.20. The Morgan fingerprint density at radius 2 is 2.22 bits per heavy atom. The van der Waals surface area contributed by atoms with Gasteiger partial charge in [0.1, 0.15) is 5.82 Å². The highest BCUT2D eigenvalue weighted by molar-refractivity contribution is 5.76. The van der Waals surface area contributed by atoms with Gasteiger partial charge in [0.2, 0.25) is 5.91 Å². The Kier molecular flexibility index (Phi) is 5.15. The molecule has 0 bridgehead atoms. The molecule has 1 aromatic rings. The molecule has 2 N–H and O–H groups in total. The third-order valence-electron chi connectivity index (χ3n) is 4.70. The third kappa shape index (κ3) is 4.43. The number of aromatic nitrogens is 3. The molecule has 1 saturated carbocycles. The van der Waals surface area contributed by atoms with Crippen molar-refractivity contribution < 1.29 is 9.53 Å². The van der Waals surface area contributed by atoms with E-state index >= 15 is 0 Å². The maximum atomic E-state index is 12.5. The Morgan fingerprint density at radius 1 is 1.39 bits per heavy atom. The number of unbranched alkanes of at least 4 members (excludes halogenated alkanes) is 1. The Bertz CT molecular complexity index is 578. The number of carbonyl (C=O) groups is 1. The zero-order valence-electron chi connectivity index (χ0n) is 13.7. The molecule has 7 heteroatoms. The van der Waals surface area contributed by atoms with Crippen molar-refractivity contribution in [1.29, 1.82) is 0 Å². The summed E-state index contributed by atoms with van der Waals surface area (Å²) in [5, 5.41) is 6.18. The molecule has 1 aliphatic carbocycles. The second-order valence-electron chi connectivity index (χ2n) is 6.70. The van der Waals surface area contributed by atoms with Crippen molar-refractivity contribution in [3.8, 4) is 0 Å². The summed E-state index contributed by atoms with van der Waals surface area (Å²) in [5.74, 6) is 1.31. The van der Waals surface area contributed by atoms with E-state index in [0.29, 0.717) is 37.7 Å². The molecule has 0 aromatic carbocycles. The number of amides is 1. The first-order chi connectivity index (χ1) is 11.2. The summed E-state index contributed by atoms with van der Waals surface area (Å²) < 4.78 is 6.20. The highest BCUT2D eigenvalue weighted by Gasteiger charge is 2.39. The Hall–Kier alpha value is -1.63. The van der Waals surface area contributed by atoms with E-state index in [-0.39, 0.29) is 23.8 Å². The van der Waals surface area contributed by atoms with Gasteiger partial charge in [-0.05, 0) is 25.2 Å². The molecule has 0 radical (unpaired) electrons. The van der Waals surface area contributed by atoms with Gasteiger partial charge in [-0.3, -0.25) is 9.78 Å². The molecule has 3 rings (SSSR count). The SMILES string of the molecule is CCCC[C@@H]1CN(C(=O)CCc2n[nH]c(=O)[nH]2)C[C@H](C2CC2)O1. The van der Waals surface area contributed by atoms with Gasteiger partial charge in [-0.25, -0.2) is 9.89 Å². The van der Waals surface area contributed by atoms with Crippen molar-refractivity contribution in [3.05, 3.63) is 16.3 Å². The van der Waals surface area contributed by atoms with Crippen LogP contribution in [0.25, 0.3) is 0 Å². The number of aromatic amines is 2. The molecule has 0 unspecified atom stereocenters. The van der Waals surface area contributed by atoms with Crippen molar-refractivity contribution in [3.63, 3.8) is 0 Å². The van der Waals surface area contributed by atoms with Crippen molar-refractivity contribution >= 4 is 5.91 Å². The molecule has 1 aliphatic heterocycles. The summed E-state index contributed by atoms with van der Waals surface area (Å²) in [6.07, 6.45) is 6.97. The first-order valence-electron chi connectivity index (χ1n) is 8.72. The number of hydrogen-bond donors (Lipinski definition) is 2. The van der Waals surface area contributed by atoms with Crippen molar-refractivity contribution in [1.82, 2.24) is 20.1 Å². The molecule has 1 saturated heterocycles. The van der Waals surface area contributed by atoms with Gasteiger partial charge < -0.3 is 9.64 Å². The quantitative estimate of drug-likeness (QED) is 0.790. The summed E-state index contributed by atoms with van der Waals surface area (Å²) in [7, 11) is 0. The van der Waals surface area contributed by atoms with Crippen molar-refractivity contribution in [2.24, 2.45) is 5.92 Å². The molecule has 128 valence electrons. The summed E-state index contributed by atoms with van der Waals surface area (Å²) in [4.78, 5) is 28.1. The smallest absolute Gasteiger partial charge is 0.340 e. The summed E-state index contributed by atoms with van der Waals surface area (Å²) in [6.45, 7) is 3.58. The minimum Gasteiger partial charge on any atom is -0.371 e. The number of nitrogens with zero attached hydrogens (tertiary/aromatic N) is 2. The molecule has 1 amide bonds. The van der Waals surface area contributed by atoms with Crippen LogP contribution < -0.4 is 5.69 Å². The maximum absolute atomic E-state index is 12.5. The van der Waals surface area contributed by atoms with Gasteiger partial charge in [0.05, 0.1) is 12.2 Å². The highest BCUT2D eigenvalue weighted by atomic mass is 16.5. The molecule has 2 heterocycles. The number of nitrogens with one attached hydrogen (secondary N) is 2. The second kappa shape index (κ2) is 7.29. The average Bonchev–Trinajstić information content (AvgIpc) is 3.33. The predicted molar refractivity (Wildman–Crippen MR) is 85.0 cm³/mol. The number of H-pyrrole nitrogens is 2. The predicted octanol–water partition coefficient (Wildman–Crippen LogP) is 1.23. The third-order valence-corrected chi connectivity index (χ3v) is 4.70. The molecule has 2 aliphatic rings. The first kappa shape index (κ1) is 16.2. The lowest BCUT2D eigenvalue weighted by atomic mass is 10.1. The Labute approximate surface area is 135 Å². The van der Waals surface area contributed by atoms with Crippen LogP contribution in [-0.4, -0.2) is 51.3 Å². The summed E-state index contributed by atoms with van der Waals surface area (Å²) >= 11 is 0. The molecular weight excluding hydrogens is 296 g/mol. The molecule has 2 atom stereocenters. The van der Waals surface area contributed by atoms with Gasteiger partial charge in [-0.15, -0.1) is 0 Å². The molecule has 7 nitrogen and oxygen atoms in total. The van der Waals surface area contributed by atoms with E-state index < -0.39 is 0 Å². The van der Waals surface area contributed by atoms with Gasteiger partial charge in [0.25, 0.3) is 0 Å². The van der Waals surface area contributed by atoms with Crippen molar-refractivity contribution in [2.75, 3.05) is 13.1 Å². The van der Waals surface area contributed by atoms with E-state index in [1.54, 1.807) is 0 Å². The van der Waals surface area contributed by atoms with Crippen LogP contribution in [0.15, 0.2) is 4.79 Å². The number of hydrogen-bond acceptors (Lipinski definition) is 4. The number of morpholine rings is 1. The zero-order valence-corrected chi connectivity index (χ0v) is 13.7. The van der Waals surface area contributed by atoms with Gasteiger partial charge in [0, 0.05) is 25.9 Å². The minimum absolute atomic E-state index is 0.129. The summed E-state index contributed by atoms with van der Waals surface area (Å²) in [5.41, 5.74) is -0.327. The Morgan fingerprint density at radius 3 is 2.87 bits per heavy atom.